The Morgan fingerprint density at radius 3 is 2.59 bits per heavy atom. The summed E-state index contributed by atoms with van der Waals surface area (Å²) in [6, 6.07) is 12.7. The monoisotopic (exact) mass is 418 g/mol. The Balaban J connectivity index is 1.83. The van der Waals surface area contributed by atoms with Gasteiger partial charge in [0.25, 0.3) is 0 Å². The van der Waals surface area contributed by atoms with Crippen LogP contribution in [0.25, 0.3) is 0 Å². The quantitative estimate of drug-likeness (QED) is 0.437. The standard InChI is InChI=1S/C21H26N2O5S/c1-15(2)28-12-18-7-5-4-6-17(18)11-22-21(24)14-29-13-16-8-9-20(27-3)19(10-16)23(25)26/h4-10,15H,11-14H2,1-3H3,(H,22,24). The lowest BCUT2D eigenvalue weighted by molar-refractivity contribution is -0.385. The second kappa shape index (κ2) is 11.4. The molecule has 0 saturated carbocycles. The van der Waals surface area contributed by atoms with Crippen LogP contribution in [0.5, 0.6) is 5.75 Å². The molecule has 0 atom stereocenters. The molecule has 2 rings (SSSR count). The van der Waals surface area contributed by atoms with Crippen molar-refractivity contribution in [2.75, 3.05) is 12.9 Å². The van der Waals surface area contributed by atoms with Gasteiger partial charge in [0.15, 0.2) is 5.75 Å². The fourth-order valence-corrected chi connectivity index (χ4v) is 3.41. The van der Waals surface area contributed by atoms with E-state index in [1.165, 1.54) is 24.9 Å². The number of benzene rings is 2. The van der Waals surface area contributed by atoms with Gasteiger partial charge in [0.1, 0.15) is 0 Å². The number of hydrogen-bond donors (Lipinski definition) is 1. The van der Waals surface area contributed by atoms with Crippen molar-refractivity contribution < 1.29 is 19.2 Å². The van der Waals surface area contributed by atoms with Crippen molar-refractivity contribution in [1.29, 1.82) is 0 Å². The summed E-state index contributed by atoms with van der Waals surface area (Å²) in [6.45, 7) is 4.91. The number of nitro groups is 1. The molecule has 0 unspecified atom stereocenters. The molecule has 0 radical (unpaired) electrons. The van der Waals surface area contributed by atoms with Gasteiger partial charge in [-0.15, -0.1) is 11.8 Å². The van der Waals surface area contributed by atoms with Gasteiger partial charge < -0.3 is 14.8 Å². The lowest BCUT2D eigenvalue weighted by Crippen LogP contribution is -2.25. The Labute approximate surface area is 174 Å². The van der Waals surface area contributed by atoms with Crippen LogP contribution in [0.3, 0.4) is 0 Å². The average Bonchev–Trinajstić information content (AvgIpc) is 2.71. The number of nitro benzene ring substituents is 1. The molecule has 0 heterocycles. The molecule has 0 aliphatic carbocycles. The van der Waals surface area contributed by atoms with E-state index < -0.39 is 4.92 Å². The number of ether oxygens (including phenoxy) is 2. The SMILES string of the molecule is COc1ccc(CSCC(=O)NCc2ccccc2COC(C)C)cc1[N+](=O)[O-]. The van der Waals surface area contributed by atoms with Gasteiger partial charge in [0.05, 0.1) is 30.5 Å². The zero-order valence-electron chi connectivity index (χ0n) is 16.8. The number of hydrogen-bond acceptors (Lipinski definition) is 6. The van der Waals surface area contributed by atoms with Crippen molar-refractivity contribution in [3.63, 3.8) is 0 Å². The number of carbonyl (C=O) groups is 1. The van der Waals surface area contributed by atoms with Gasteiger partial charge in [-0.1, -0.05) is 30.3 Å². The first-order valence-electron chi connectivity index (χ1n) is 9.24. The second-order valence-electron chi connectivity index (χ2n) is 6.66. The number of amides is 1. The molecule has 0 fully saturated rings. The van der Waals surface area contributed by atoms with E-state index in [2.05, 4.69) is 5.32 Å². The van der Waals surface area contributed by atoms with Gasteiger partial charge in [-0.2, -0.15) is 0 Å². The number of methoxy groups -OCH3 is 1. The molecule has 0 aliphatic heterocycles. The third kappa shape index (κ3) is 7.40. The molecule has 2 aromatic carbocycles. The highest BCUT2D eigenvalue weighted by atomic mass is 32.2. The maximum Gasteiger partial charge on any atom is 0.311 e. The Bertz CT molecular complexity index is 842. The minimum Gasteiger partial charge on any atom is -0.490 e. The predicted octanol–water partition coefficient (Wildman–Crippen LogP) is 4.08. The van der Waals surface area contributed by atoms with Gasteiger partial charge in [-0.05, 0) is 36.6 Å². The highest BCUT2D eigenvalue weighted by Gasteiger charge is 2.15. The van der Waals surface area contributed by atoms with Crippen molar-refractivity contribution in [1.82, 2.24) is 5.32 Å². The molecule has 1 N–H and O–H groups in total. The van der Waals surface area contributed by atoms with Gasteiger partial charge in [-0.25, -0.2) is 0 Å². The van der Waals surface area contributed by atoms with Crippen LogP contribution < -0.4 is 10.1 Å². The van der Waals surface area contributed by atoms with Gasteiger partial charge in [0, 0.05) is 18.4 Å². The summed E-state index contributed by atoms with van der Waals surface area (Å²) in [5, 5.41) is 14.0. The second-order valence-corrected chi connectivity index (χ2v) is 7.65. The molecule has 156 valence electrons. The van der Waals surface area contributed by atoms with Crippen molar-refractivity contribution in [3.8, 4) is 5.75 Å². The summed E-state index contributed by atoms with van der Waals surface area (Å²) in [5.41, 5.74) is 2.78. The molecule has 29 heavy (non-hydrogen) atoms. The summed E-state index contributed by atoms with van der Waals surface area (Å²) in [5.74, 6) is 0.904. The molecule has 8 heteroatoms. The normalized spacial score (nSPS) is 10.8. The first-order chi connectivity index (χ1) is 13.9. The molecular formula is C21H26N2O5S. The number of rotatable bonds is 11. The van der Waals surface area contributed by atoms with Crippen LogP contribution >= 0.6 is 11.8 Å². The molecule has 1 amide bonds. The van der Waals surface area contributed by atoms with Crippen molar-refractivity contribution in [3.05, 3.63) is 69.3 Å². The maximum absolute atomic E-state index is 12.2. The number of nitrogens with zero attached hydrogens (tertiary/aromatic N) is 1. The summed E-state index contributed by atoms with van der Waals surface area (Å²) < 4.78 is 10.7. The lowest BCUT2D eigenvalue weighted by Gasteiger charge is -2.13. The van der Waals surface area contributed by atoms with Gasteiger partial charge in [-0.3, -0.25) is 14.9 Å². The van der Waals surface area contributed by atoms with E-state index in [4.69, 9.17) is 9.47 Å². The first-order valence-corrected chi connectivity index (χ1v) is 10.4. The Morgan fingerprint density at radius 1 is 1.21 bits per heavy atom. The van der Waals surface area contributed by atoms with Crippen LogP contribution in [-0.4, -0.2) is 29.8 Å². The van der Waals surface area contributed by atoms with Crippen LogP contribution in [0, 0.1) is 10.1 Å². The number of nitrogens with one attached hydrogen (secondary N) is 1. The number of carbonyl (C=O) groups excluding carboxylic acids is 1. The molecule has 7 nitrogen and oxygen atoms in total. The minimum atomic E-state index is -0.472. The minimum absolute atomic E-state index is 0.0738. The Kier molecular flexibility index (Phi) is 8.95. The molecule has 0 aromatic heterocycles. The van der Waals surface area contributed by atoms with Crippen molar-refractivity contribution >= 4 is 23.4 Å². The summed E-state index contributed by atoms with van der Waals surface area (Å²) in [7, 11) is 1.40. The highest BCUT2D eigenvalue weighted by Crippen LogP contribution is 2.28. The van der Waals surface area contributed by atoms with Crippen molar-refractivity contribution in [2.45, 2.75) is 38.9 Å². The molecule has 0 bridgehead atoms. The largest absolute Gasteiger partial charge is 0.490 e. The predicted molar refractivity (Wildman–Crippen MR) is 114 cm³/mol. The summed E-state index contributed by atoms with van der Waals surface area (Å²) in [6.07, 6.45) is 0.142. The summed E-state index contributed by atoms with van der Waals surface area (Å²) >= 11 is 1.40. The van der Waals surface area contributed by atoms with Gasteiger partial charge in [0.2, 0.25) is 5.91 Å². The molecule has 2 aromatic rings. The van der Waals surface area contributed by atoms with E-state index in [0.29, 0.717) is 18.9 Å². The smallest absolute Gasteiger partial charge is 0.311 e. The Morgan fingerprint density at radius 2 is 1.93 bits per heavy atom. The molecular weight excluding hydrogens is 392 g/mol. The van der Waals surface area contributed by atoms with Crippen molar-refractivity contribution in [2.24, 2.45) is 0 Å². The zero-order chi connectivity index (χ0) is 21.2. The van der Waals surface area contributed by atoms with E-state index in [-0.39, 0.29) is 29.2 Å². The average molecular weight is 419 g/mol. The molecule has 0 aliphatic rings. The van der Waals surface area contributed by atoms with E-state index in [0.717, 1.165) is 16.7 Å². The highest BCUT2D eigenvalue weighted by molar-refractivity contribution is 7.99. The third-order valence-corrected chi connectivity index (χ3v) is 5.11. The molecule has 0 spiro atoms. The number of thioether (sulfide) groups is 1. The van der Waals surface area contributed by atoms with Crippen LogP contribution in [0.1, 0.15) is 30.5 Å². The van der Waals surface area contributed by atoms with Crippen LogP contribution in [0.4, 0.5) is 5.69 Å². The van der Waals surface area contributed by atoms with E-state index in [1.54, 1.807) is 12.1 Å². The topological polar surface area (TPSA) is 90.7 Å². The lowest BCUT2D eigenvalue weighted by atomic mass is 10.1. The van der Waals surface area contributed by atoms with Gasteiger partial charge >= 0.3 is 5.69 Å². The molecule has 0 saturated heterocycles. The van der Waals surface area contributed by atoms with E-state index in [9.17, 15) is 14.9 Å². The van der Waals surface area contributed by atoms with E-state index >= 15 is 0 Å². The van der Waals surface area contributed by atoms with E-state index in [1.807, 2.05) is 38.1 Å². The van der Waals surface area contributed by atoms with Crippen LogP contribution in [0.2, 0.25) is 0 Å². The fraction of sp³-hybridized carbons (Fsp3) is 0.381. The first kappa shape index (κ1) is 22.7. The van der Waals surface area contributed by atoms with Crippen LogP contribution in [0.15, 0.2) is 42.5 Å². The third-order valence-electron chi connectivity index (χ3n) is 4.11. The summed E-state index contributed by atoms with van der Waals surface area (Å²) in [4.78, 5) is 22.8. The Hall–Kier alpha value is -2.58. The maximum atomic E-state index is 12.2. The fourth-order valence-electron chi connectivity index (χ4n) is 2.60. The zero-order valence-corrected chi connectivity index (χ0v) is 17.7. The van der Waals surface area contributed by atoms with Crippen LogP contribution in [-0.2, 0) is 28.4 Å².